The van der Waals surface area contributed by atoms with E-state index in [0.717, 1.165) is 0 Å². The van der Waals surface area contributed by atoms with E-state index in [9.17, 15) is 0 Å². The van der Waals surface area contributed by atoms with Gasteiger partial charge in [-0.15, -0.1) is 0 Å². The van der Waals surface area contributed by atoms with Crippen molar-refractivity contribution in [1.29, 1.82) is 0 Å². The van der Waals surface area contributed by atoms with Crippen molar-refractivity contribution in [2.45, 2.75) is 52.4 Å². The Kier molecular flexibility index (Phi) is 20.8. The van der Waals surface area contributed by atoms with Gasteiger partial charge in [0.15, 0.2) is 0 Å². The van der Waals surface area contributed by atoms with Crippen LogP contribution >= 0.6 is 0 Å². The SMILES string of the molecule is C1CCCCC1.CCN=C=O.CCN=C=O. The van der Waals surface area contributed by atoms with Gasteiger partial charge in [0, 0.05) is 13.1 Å². The second kappa shape index (κ2) is 19.4. The lowest BCUT2D eigenvalue weighted by atomic mass is 10.0. The van der Waals surface area contributed by atoms with E-state index in [0.29, 0.717) is 13.1 Å². The van der Waals surface area contributed by atoms with Crippen LogP contribution in [-0.2, 0) is 9.59 Å². The molecule has 0 aromatic rings. The molecule has 1 aliphatic carbocycles. The lowest BCUT2D eigenvalue weighted by Gasteiger charge is -2.05. The molecule has 92 valence electrons. The lowest BCUT2D eigenvalue weighted by molar-refractivity contribution is 0.504. The minimum absolute atomic E-state index is 0.545. The molecule has 0 saturated heterocycles. The highest BCUT2D eigenvalue weighted by Gasteiger charge is 1.95. The fourth-order valence-corrected chi connectivity index (χ4v) is 1.19. The molecule has 0 atom stereocenters. The molecule has 0 aromatic heterocycles. The molecule has 1 saturated carbocycles. The van der Waals surface area contributed by atoms with Crippen molar-refractivity contribution >= 4 is 12.2 Å². The van der Waals surface area contributed by atoms with Crippen LogP contribution in [0.4, 0.5) is 0 Å². The van der Waals surface area contributed by atoms with Crippen molar-refractivity contribution in [3.05, 3.63) is 0 Å². The fraction of sp³-hybridized carbons (Fsp3) is 0.833. The number of aliphatic imine (C=N–C) groups is 2. The highest BCUT2D eigenvalue weighted by atomic mass is 16.1. The molecule has 0 N–H and O–H groups in total. The number of rotatable bonds is 2. The molecular formula is C12H22N2O2. The molecule has 0 aliphatic heterocycles. The second-order valence-corrected chi connectivity index (χ2v) is 3.25. The highest BCUT2D eigenvalue weighted by Crippen LogP contribution is 2.15. The van der Waals surface area contributed by atoms with E-state index < -0.39 is 0 Å². The topological polar surface area (TPSA) is 58.9 Å². The van der Waals surface area contributed by atoms with E-state index in [1.54, 1.807) is 13.8 Å². The number of isocyanates is 2. The monoisotopic (exact) mass is 226 g/mol. The Bertz CT molecular complexity index is 184. The number of hydrogen-bond donors (Lipinski definition) is 0. The number of carbonyl (C=O) groups excluding carboxylic acids is 2. The summed E-state index contributed by atoms with van der Waals surface area (Å²) >= 11 is 0. The van der Waals surface area contributed by atoms with Gasteiger partial charge in [-0.2, -0.15) is 0 Å². The highest BCUT2D eigenvalue weighted by molar-refractivity contribution is 5.32. The summed E-state index contributed by atoms with van der Waals surface area (Å²) in [5.74, 6) is 0. The molecule has 1 rings (SSSR count). The summed E-state index contributed by atoms with van der Waals surface area (Å²) in [5.41, 5.74) is 0. The lowest BCUT2D eigenvalue weighted by Crippen LogP contribution is -1.85. The molecule has 0 unspecified atom stereocenters. The van der Waals surface area contributed by atoms with Crippen LogP contribution in [0.25, 0.3) is 0 Å². The molecule has 0 heterocycles. The van der Waals surface area contributed by atoms with Crippen molar-refractivity contribution in [2.75, 3.05) is 13.1 Å². The Labute approximate surface area is 97.9 Å². The van der Waals surface area contributed by atoms with Gasteiger partial charge in [-0.25, -0.2) is 19.6 Å². The van der Waals surface area contributed by atoms with Crippen molar-refractivity contribution in [3.63, 3.8) is 0 Å². The van der Waals surface area contributed by atoms with Crippen LogP contribution in [0.1, 0.15) is 52.4 Å². The Balaban J connectivity index is 0. The zero-order valence-electron chi connectivity index (χ0n) is 10.4. The Morgan fingerprint density at radius 2 is 1.00 bits per heavy atom. The molecule has 1 aliphatic rings. The van der Waals surface area contributed by atoms with E-state index in [4.69, 9.17) is 9.59 Å². The summed E-state index contributed by atoms with van der Waals surface area (Å²) in [6, 6.07) is 0. The summed E-state index contributed by atoms with van der Waals surface area (Å²) in [5, 5.41) is 0. The largest absolute Gasteiger partial charge is 0.234 e. The zero-order valence-corrected chi connectivity index (χ0v) is 10.4. The van der Waals surface area contributed by atoms with Crippen LogP contribution in [-0.4, -0.2) is 25.2 Å². The van der Waals surface area contributed by atoms with Gasteiger partial charge in [0.1, 0.15) is 0 Å². The first kappa shape index (κ1) is 17.2. The molecule has 0 radical (unpaired) electrons. The van der Waals surface area contributed by atoms with Gasteiger partial charge in [-0.1, -0.05) is 38.5 Å². The minimum atomic E-state index is 0.545. The van der Waals surface area contributed by atoms with Gasteiger partial charge in [-0.3, -0.25) is 0 Å². The first-order chi connectivity index (χ1) is 7.83. The van der Waals surface area contributed by atoms with E-state index in [1.165, 1.54) is 50.7 Å². The van der Waals surface area contributed by atoms with E-state index in [2.05, 4.69) is 9.98 Å². The Hall–Kier alpha value is -1.24. The van der Waals surface area contributed by atoms with Crippen LogP contribution in [0.3, 0.4) is 0 Å². The average Bonchev–Trinajstić information content (AvgIpc) is 2.35. The third-order valence-electron chi connectivity index (χ3n) is 1.95. The van der Waals surface area contributed by atoms with E-state index in [1.807, 2.05) is 0 Å². The molecule has 0 bridgehead atoms. The summed E-state index contributed by atoms with van der Waals surface area (Å²) in [4.78, 5) is 24.6. The van der Waals surface area contributed by atoms with E-state index >= 15 is 0 Å². The van der Waals surface area contributed by atoms with Gasteiger partial charge in [0.25, 0.3) is 0 Å². The molecule has 1 fully saturated rings. The summed E-state index contributed by atoms with van der Waals surface area (Å²) < 4.78 is 0. The van der Waals surface area contributed by atoms with Gasteiger partial charge in [0.2, 0.25) is 12.2 Å². The molecule has 4 heteroatoms. The van der Waals surface area contributed by atoms with Crippen LogP contribution < -0.4 is 0 Å². The first-order valence-electron chi connectivity index (χ1n) is 5.90. The maximum atomic E-state index is 9.11. The zero-order chi connectivity index (χ0) is 12.5. The average molecular weight is 226 g/mol. The minimum Gasteiger partial charge on any atom is -0.211 e. The van der Waals surface area contributed by atoms with Crippen molar-refractivity contribution in [1.82, 2.24) is 0 Å². The predicted octanol–water partition coefficient (Wildman–Crippen LogP) is 3.02. The van der Waals surface area contributed by atoms with Gasteiger partial charge >= 0.3 is 0 Å². The first-order valence-corrected chi connectivity index (χ1v) is 5.90. The quantitative estimate of drug-likeness (QED) is 0.536. The Morgan fingerprint density at radius 1 is 0.750 bits per heavy atom. The molecule has 0 spiro atoms. The van der Waals surface area contributed by atoms with Crippen LogP contribution in [0.2, 0.25) is 0 Å². The maximum absolute atomic E-state index is 9.11. The van der Waals surface area contributed by atoms with Crippen molar-refractivity contribution < 1.29 is 9.59 Å². The molecule has 4 nitrogen and oxygen atoms in total. The summed E-state index contributed by atoms with van der Waals surface area (Å²) in [7, 11) is 0. The van der Waals surface area contributed by atoms with Crippen LogP contribution in [0.15, 0.2) is 9.98 Å². The van der Waals surface area contributed by atoms with Crippen molar-refractivity contribution in [3.8, 4) is 0 Å². The summed E-state index contributed by atoms with van der Waals surface area (Å²) in [6.07, 6.45) is 11.8. The van der Waals surface area contributed by atoms with Crippen LogP contribution in [0.5, 0.6) is 0 Å². The van der Waals surface area contributed by atoms with E-state index in [-0.39, 0.29) is 0 Å². The molecular weight excluding hydrogens is 204 g/mol. The van der Waals surface area contributed by atoms with Gasteiger partial charge in [-0.05, 0) is 13.8 Å². The maximum Gasteiger partial charge on any atom is 0.234 e. The molecule has 16 heavy (non-hydrogen) atoms. The Morgan fingerprint density at radius 3 is 1.06 bits per heavy atom. The number of nitrogens with zero attached hydrogens (tertiary/aromatic N) is 2. The van der Waals surface area contributed by atoms with Gasteiger partial charge < -0.3 is 0 Å². The third kappa shape index (κ3) is 23.0. The number of hydrogen-bond acceptors (Lipinski definition) is 4. The normalized spacial score (nSPS) is 12.6. The fourth-order valence-electron chi connectivity index (χ4n) is 1.19. The van der Waals surface area contributed by atoms with Crippen LogP contribution in [0, 0.1) is 0 Å². The predicted molar refractivity (Wildman–Crippen MR) is 65.0 cm³/mol. The van der Waals surface area contributed by atoms with Gasteiger partial charge in [0.05, 0.1) is 0 Å². The molecule has 0 amide bonds. The standard InChI is InChI=1S/C6H12.2C3H5NO/c1-2-4-6-5-3-1;2*1-2-4-3-5/h1-6H2;2*2H2,1H3. The summed E-state index contributed by atoms with van der Waals surface area (Å²) in [6.45, 7) is 4.66. The third-order valence-corrected chi connectivity index (χ3v) is 1.95. The molecule has 0 aromatic carbocycles. The van der Waals surface area contributed by atoms with Crippen molar-refractivity contribution in [2.24, 2.45) is 9.98 Å². The smallest absolute Gasteiger partial charge is 0.211 e. The second-order valence-electron chi connectivity index (χ2n) is 3.25.